The van der Waals surface area contributed by atoms with E-state index in [0.717, 1.165) is 12.1 Å². The first-order valence-electron chi connectivity index (χ1n) is 3.98. The number of anilines is 1. The zero-order valence-electron chi connectivity index (χ0n) is 7.72. The average molecular weight is 219 g/mol. The van der Waals surface area contributed by atoms with E-state index in [1.54, 1.807) is 0 Å². The first kappa shape index (κ1) is 11.4. The summed E-state index contributed by atoms with van der Waals surface area (Å²) in [5.41, 5.74) is -0.500. The normalized spacial score (nSPS) is 11.2. The molecule has 3 nitrogen and oxygen atoms in total. The Morgan fingerprint density at radius 2 is 2.00 bits per heavy atom. The van der Waals surface area contributed by atoms with E-state index < -0.39 is 17.8 Å². The highest BCUT2D eigenvalue weighted by molar-refractivity contribution is 5.84. The van der Waals surface area contributed by atoms with Crippen molar-refractivity contribution in [2.75, 3.05) is 5.32 Å². The molecular formula is C9H8F3NO2. The zero-order valence-corrected chi connectivity index (χ0v) is 7.72. The summed E-state index contributed by atoms with van der Waals surface area (Å²) < 4.78 is 36.8. The molecule has 0 aliphatic heterocycles. The third kappa shape index (κ3) is 2.87. The predicted octanol–water partition coefficient (Wildman–Crippen LogP) is 3.10. The minimum absolute atomic E-state index is 0.0580. The second kappa shape index (κ2) is 3.80. The number of nitrogens with one attached hydrogen (secondary N) is 1. The van der Waals surface area contributed by atoms with Crippen molar-refractivity contribution in [2.24, 2.45) is 0 Å². The molecule has 0 radical (unpaired) electrons. The van der Waals surface area contributed by atoms with Gasteiger partial charge in [0, 0.05) is 5.69 Å². The van der Waals surface area contributed by atoms with Crippen LogP contribution in [-0.2, 0) is 6.18 Å². The molecule has 1 amide bonds. The van der Waals surface area contributed by atoms with Crippen LogP contribution in [0.3, 0.4) is 0 Å². The summed E-state index contributed by atoms with van der Waals surface area (Å²) >= 11 is 0. The fourth-order valence-electron chi connectivity index (χ4n) is 1.05. The second-order valence-electron chi connectivity index (χ2n) is 2.96. The molecule has 0 atom stereocenters. The molecular weight excluding hydrogens is 211 g/mol. The van der Waals surface area contributed by atoms with Crippen molar-refractivity contribution >= 4 is 11.8 Å². The van der Waals surface area contributed by atoms with Crippen molar-refractivity contribution < 1.29 is 23.1 Å². The highest BCUT2D eigenvalue weighted by atomic mass is 19.4. The van der Waals surface area contributed by atoms with Gasteiger partial charge in [-0.1, -0.05) is 6.07 Å². The summed E-state index contributed by atoms with van der Waals surface area (Å²) in [7, 11) is 0. The maximum atomic E-state index is 12.3. The largest absolute Gasteiger partial charge is 0.465 e. The third-order valence-corrected chi connectivity index (χ3v) is 1.81. The van der Waals surface area contributed by atoms with Gasteiger partial charge in [-0.3, -0.25) is 5.32 Å². The molecule has 0 unspecified atom stereocenters. The van der Waals surface area contributed by atoms with Gasteiger partial charge in [-0.2, -0.15) is 13.2 Å². The fourth-order valence-corrected chi connectivity index (χ4v) is 1.05. The molecule has 1 aromatic carbocycles. The minimum Gasteiger partial charge on any atom is -0.465 e. The third-order valence-electron chi connectivity index (χ3n) is 1.81. The van der Waals surface area contributed by atoms with Crippen molar-refractivity contribution in [1.82, 2.24) is 0 Å². The van der Waals surface area contributed by atoms with E-state index in [1.807, 2.05) is 5.32 Å². The molecule has 0 spiro atoms. The van der Waals surface area contributed by atoms with Crippen molar-refractivity contribution in [3.05, 3.63) is 29.3 Å². The average Bonchev–Trinajstić information content (AvgIpc) is 2.06. The molecule has 2 N–H and O–H groups in total. The number of hydrogen-bond donors (Lipinski definition) is 2. The number of halogens is 3. The molecule has 6 heteroatoms. The van der Waals surface area contributed by atoms with Crippen molar-refractivity contribution in [2.45, 2.75) is 13.1 Å². The smallest absolute Gasteiger partial charge is 0.416 e. The number of hydrogen-bond acceptors (Lipinski definition) is 1. The van der Waals surface area contributed by atoms with Crippen LogP contribution in [0.4, 0.5) is 23.7 Å². The van der Waals surface area contributed by atoms with Crippen LogP contribution in [0.2, 0.25) is 0 Å². The van der Waals surface area contributed by atoms with Crippen LogP contribution in [0.15, 0.2) is 18.2 Å². The van der Waals surface area contributed by atoms with E-state index in [9.17, 15) is 18.0 Å². The SMILES string of the molecule is Cc1ccc(C(F)(F)F)cc1NC(=O)O. The Labute approximate surface area is 83.5 Å². The number of aryl methyl sites for hydroxylation is 1. The second-order valence-corrected chi connectivity index (χ2v) is 2.96. The molecule has 0 bridgehead atoms. The van der Waals surface area contributed by atoms with Crippen molar-refractivity contribution in [1.29, 1.82) is 0 Å². The first-order valence-corrected chi connectivity index (χ1v) is 3.98. The number of benzene rings is 1. The van der Waals surface area contributed by atoms with Crippen LogP contribution in [-0.4, -0.2) is 11.2 Å². The minimum atomic E-state index is -4.47. The number of carbonyl (C=O) groups is 1. The fraction of sp³-hybridized carbons (Fsp3) is 0.222. The molecule has 82 valence electrons. The summed E-state index contributed by atoms with van der Waals surface area (Å²) in [4.78, 5) is 10.3. The molecule has 0 saturated heterocycles. The lowest BCUT2D eigenvalue weighted by atomic mass is 10.1. The predicted molar refractivity (Wildman–Crippen MR) is 47.8 cm³/mol. The highest BCUT2D eigenvalue weighted by Crippen LogP contribution is 2.31. The molecule has 0 aliphatic rings. The first-order chi connectivity index (χ1) is 6.80. The Kier molecular flexibility index (Phi) is 2.88. The quantitative estimate of drug-likeness (QED) is 0.762. The molecule has 1 aromatic rings. The van der Waals surface area contributed by atoms with Gasteiger partial charge >= 0.3 is 12.3 Å². The Balaban J connectivity index is 3.11. The maximum absolute atomic E-state index is 12.3. The molecule has 0 aliphatic carbocycles. The Morgan fingerprint density at radius 1 is 1.40 bits per heavy atom. The number of amides is 1. The monoisotopic (exact) mass is 219 g/mol. The number of carboxylic acid groups (broad SMARTS) is 1. The summed E-state index contributed by atoms with van der Waals surface area (Å²) in [5, 5.41) is 10.3. The van der Waals surface area contributed by atoms with Gasteiger partial charge in [0.05, 0.1) is 5.56 Å². The van der Waals surface area contributed by atoms with E-state index in [-0.39, 0.29) is 5.69 Å². The van der Waals surface area contributed by atoms with Gasteiger partial charge in [0.2, 0.25) is 0 Å². The summed E-state index contributed by atoms with van der Waals surface area (Å²) in [6.45, 7) is 1.52. The van der Waals surface area contributed by atoms with E-state index in [1.165, 1.54) is 13.0 Å². The van der Waals surface area contributed by atoms with Crippen LogP contribution in [0.25, 0.3) is 0 Å². The van der Waals surface area contributed by atoms with Crippen LogP contribution < -0.4 is 5.32 Å². The van der Waals surface area contributed by atoms with Crippen LogP contribution in [0.5, 0.6) is 0 Å². The summed E-state index contributed by atoms with van der Waals surface area (Å²) in [6, 6.07) is 2.89. The summed E-state index contributed by atoms with van der Waals surface area (Å²) in [6.07, 6.45) is -5.86. The van der Waals surface area contributed by atoms with Crippen molar-refractivity contribution in [3.8, 4) is 0 Å². The van der Waals surface area contributed by atoms with E-state index in [0.29, 0.717) is 5.56 Å². The van der Waals surface area contributed by atoms with Gasteiger partial charge in [0.1, 0.15) is 0 Å². The standard InChI is InChI=1S/C9H8F3NO2/c1-5-2-3-6(9(10,11)12)4-7(5)13-8(14)15/h2-4,13H,1H3,(H,14,15). The summed E-state index contributed by atoms with van der Waals surface area (Å²) in [5.74, 6) is 0. The molecule has 1 rings (SSSR count). The van der Waals surface area contributed by atoms with Crippen LogP contribution in [0.1, 0.15) is 11.1 Å². The lowest BCUT2D eigenvalue weighted by Gasteiger charge is -2.10. The van der Waals surface area contributed by atoms with Gasteiger partial charge in [-0.25, -0.2) is 4.79 Å². The molecule has 0 saturated carbocycles. The lowest BCUT2D eigenvalue weighted by Crippen LogP contribution is -2.11. The maximum Gasteiger partial charge on any atom is 0.416 e. The van der Waals surface area contributed by atoms with E-state index in [4.69, 9.17) is 5.11 Å². The number of alkyl halides is 3. The topological polar surface area (TPSA) is 49.3 Å². The van der Waals surface area contributed by atoms with E-state index in [2.05, 4.69) is 0 Å². The van der Waals surface area contributed by atoms with Gasteiger partial charge < -0.3 is 5.11 Å². The van der Waals surface area contributed by atoms with Gasteiger partial charge in [0.25, 0.3) is 0 Å². The number of rotatable bonds is 1. The molecule has 0 heterocycles. The van der Waals surface area contributed by atoms with E-state index >= 15 is 0 Å². The van der Waals surface area contributed by atoms with Gasteiger partial charge in [-0.05, 0) is 24.6 Å². The molecule has 0 aromatic heterocycles. The highest BCUT2D eigenvalue weighted by Gasteiger charge is 2.30. The zero-order chi connectivity index (χ0) is 11.6. The van der Waals surface area contributed by atoms with Gasteiger partial charge in [0.15, 0.2) is 0 Å². The Hall–Kier alpha value is -1.72. The lowest BCUT2D eigenvalue weighted by molar-refractivity contribution is -0.137. The molecule has 15 heavy (non-hydrogen) atoms. The van der Waals surface area contributed by atoms with Gasteiger partial charge in [-0.15, -0.1) is 0 Å². The van der Waals surface area contributed by atoms with Crippen molar-refractivity contribution in [3.63, 3.8) is 0 Å². The Morgan fingerprint density at radius 3 is 2.47 bits per heavy atom. The van der Waals surface area contributed by atoms with Crippen LogP contribution >= 0.6 is 0 Å². The van der Waals surface area contributed by atoms with Crippen LogP contribution in [0, 0.1) is 6.92 Å². The Bertz CT molecular complexity index is 387. The molecule has 0 fully saturated rings.